The molecule has 1 aliphatic rings. The third-order valence-electron chi connectivity index (χ3n) is 3.18. The van der Waals surface area contributed by atoms with Gasteiger partial charge in [0.05, 0.1) is 0 Å². The van der Waals surface area contributed by atoms with Crippen LogP contribution in [-0.4, -0.2) is 48.4 Å². The van der Waals surface area contributed by atoms with Gasteiger partial charge in [0.1, 0.15) is 0 Å². The first kappa shape index (κ1) is 11.5. The molecule has 0 radical (unpaired) electrons. The molecule has 1 heterocycles. The van der Waals surface area contributed by atoms with Gasteiger partial charge in [0.25, 0.3) is 0 Å². The lowest BCUT2D eigenvalue weighted by Crippen LogP contribution is -2.46. The highest BCUT2D eigenvalue weighted by atomic mass is 16.2. The Balaban J connectivity index is 2.44. The van der Waals surface area contributed by atoms with Gasteiger partial charge < -0.3 is 4.90 Å². The minimum atomic E-state index is 0.173. The second kappa shape index (κ2) is 5.35. The summed E-state index contributed by atoms with van der Waals surface area (Å²) in [5.74, 6) is 0.173. The van der Waals surface area contributed by atoms with E-state index in [2.05, 4.69) is 11.8 Å². The van der Waals surface area contributed by atoms with Crippen LogP contribution in [0.4, 0.5) is 0 Å². The van der Waals surface area contributed by atoms with Crippen LogP contribution in [0.2, 0.25) is 0 Å². The molecule has 1 rings (SSSR count). The van der Waals surface area contributed by atoms with Gasteiger partial charge in [-0.05, 0) is 25.9 Å². The normalized spacial score (nSPS) is 23.5. The number of likely N-dealkylation sites (N-methyl/N-ethyl adjacent to an activating group) is 2. The van der Waals surface area contributed by atoms with Gasteiger partial charge in [-0.15, -0.1) is 0 Å². The van der Waals surface area contributed by atoms with Crippen LogP contribution in [0.5, 0.6) is 0 Å². The van der Waals surface area contributed by atoms with Gasteiger partial charge in [-0.25, -0.2) is 0 Å². The summed E-state index contributed by atoms with van der Waals surface area (Å²) >= 11 is 0. The van der Waals surface area contributed by atoms with Crippen molar-refractivity contribution in [2.75, 3.05) is 26.7 Å². The first-order valence-electron chi connectivity index (χ1n) is 5.61. The molecule has 1 atom stereocenters. The molecular formula is C11H22N2O. The van der Waals surface area contributed by atoms with Gasteiger partial charge in [0.2, 0.25) is 5.91 Å². The molecule has 0 N–H and O–H groups in total. The first-order valence-corrected chi connectivity index (χ1v) is 5.61. The topological polar surface area (TPSA) is 23.6 Å². The molecule has 0 saturated carbocycles. The SMILES string of the molecule is CCN1CCCCC1CN(C)C(C)=O. The first-order chi connectivity index (χ1) is 6.65. The molecule has 82 valence electrons. The lowest BCUT2D eigenvalue weighted by atomic mass is 10.0. The number of piperidine rings is 1. The number of hydrogen-bond acceptors (Lipinski definition) is 2. The van der Waals surface area contributed by atoms with E-state index < -0.39 is 0 Å². The highest BCUT2D eigenvalue weighted by molar-refractivity contribution is 5.72. The van der Waals surface area contributed by atoms with Crippen LogP contribution in [0.1, 0.15) is 33.1 Å². The third-order valence-corrected chi connectivity index (χ3v) is 3.18. The zero-order chi connectivity index (χ0) is 10.6. The Morgan fingerprint density at radius 1 is 1.50 bits per heavy atom. The van der Waals surface area contributed by atoms with Crippen molar-refractivity contribution in [2.24, 2.45) is 0 Å². The maximum atomic E-state index is 11.1. The summed E-state index contributed by atoms with van der Waals surface area (Å²) in [5, 5.41) is 0. The molecule has 1 aliphatic heterocycles. The van der Waals surface area contributed by atoms with E-state index in [-0.39, 0.29) is 5.91 Å². The van der Waals surface area contributed by atoms with E-state index in [0.717, 1.165) is 13.1 Å². The summed E-state index contributed by atoms with van der Waals surface area (Å²) in [6, 6.07) is 0.586. The fraction of sp³-hybridized carbons (Fsp3) is 0.909. The fourth-order valence-corrected chi connectivity index (χ4v) is 2.13. The van der Waals surface area contributed by atoms with Crippen molar-refractivity contribution in [2.45, 2.75) is 39.2 Å². The van der Waals surface area contributed by atoms with Crippen molar-refractivity contribution in [3.63, 3.8) is 0 Å². The lowest BCUT2D eigenvalue weighted by molar-refractivity contribution is -0.128. The summed E-state index contributed by atoms with van der Waals surface area (Å²) in [4.78, 5) is 15.4. The molecule has 0 spiro atoms. The second-order valence-corrected chi connectivity index (χ2v) is 4.18. The Kier molecular flexibility index (Phi) is 4.39. The molecule has 3 heteroatoms. The molecular weight excluding hydrogens is 176 g/mol. The molecule has 0 bridgehead atoms. The lowest BCUT2D eigenvalue weighted by Gasteiger charge is -2.36. The zero-order valence-corrected chi connectivity index (χ0v) is 9.62. The van der Waals surface area contributed by atoms with Crippen LogP contribution in [0.3, 0.4) is 0 Å². The van der Waals surface area contributed by atoms with Crippen molar-refractivity contribution < 1.29 is 4.79 Å². The van der Waals surface area contributed by atoms with Gasteiger partial charge >= 0.3 is 0 Å². The predicted molar refractivity (Wildman–Crippen MR) is 58.2 cm³/mol. The minimum absolute atomic E-state index is 0.173. The monoisotopic (exact) mass is 198 g/mol. The average molecular weight is 198 g/mol. The van der Waals surface area contributed by atoms with E-state index in [9.17, 15) is 4.79 Å². The van der Waals surface area contributed by atoms with Crippen LogP contribution >= 0.6 is 0 Å². The van der Waals surface area contributed by atoms with Crippen molar-refractivity contribution in [3.8, 4) is 0 Å². The van der Waals surface area contributed by atoms with E-state index in [1.165, 1.54) is 25.8 Å². The smallest absolute Gasteiger partial charge is 0.219 e. The van der Waals surface area contributed by atoms with E-state index in [1.807, 2.05) is 11.9 Å². The van der Waals surface area contributed by atoms with Crippen LogP contribution in [0.25, 0.3) is 0 Å². The van der Waals surface area contributed by atoms with Gasteiger partial charge in [-0.1, -0.05) is 13.3 Å². The molecule has 1 fully saturated rings. The summed E-state index contributed by atoms with van der Waals surface area (Å²) in [6.07, 6.45) is 3.87. The van der Waals surface area contributed by atoms with Crippen LogP contribution in [0.15, 0.2) is 0 Å². The molecule has 0 aromatic carbocycles. The van der Waals surface area contributed by atoms with Crippen LogP contribution in [0, 0.1) is 0 Å². The fourth-order valence-electron chi connectivity index (χ4n) is 2.13. The molecule has 1 unspecified atom stereocenters. The van der Waals surface area contributed by atoms with Crippen LogP contribution in [-0.2, 0) is 4.79 Å². The molecule has 1 saturated heterocycles. The number of hydrogen-bond donors (Lipinski definition) is 0. The van der Waals surface area contributed by atoms with Crippen molar-refractivity contribution in [3.05, 3.63) is 0 Å². The average Bonchev–Trinajstić information content (AvgIpc) is 2.18. The zero-order valence-electron chi connectivity index (χ0n) is 9.62. The Morgan fingerprint density at radius 3 is 2.79 bits per heavy atom. The van der Waals surface area contributed by atoms with E-state index in [4.69, 9.17) is 0 Å². The Morgan fingerprint density at radius 2 is 2.21 bits per heavy atom. The largest absolute Gasteiger partial charge is 0.344 e. The third kappa shape index (κ3) is 2.98. The number of carbonyl (C=O) groups is 1. The molecule has 14 heavy (non-hydrogen) atoms. The Hall–Kier alpha value is -0.570. The van der Waals surface area contributed by atoms with Crippen molar-refractivity contribution in [1.29, 1.82) is 0 Å². The number of carbonyl (C=O) groups excluding carboxylic acids is 1. The van der Waals surface area contributed by atoms with E-state index in [0.29, 0.717) is 6.04 Å². The van der Waals surface area contributed by atoms with Gasteiger partial charge in [0, 0.05) is 26.6 Å². The summed E-state index contributed by atoms with van der Waals surface area (Å²) < 4.78 is 0. The number of nitrogens with zero attached hydrogens (tertiary/aromatic N) is 2. The van der Waals surface area contributed by atoms with Crippen molar-refractivity contribution in [1.82, 2.24) is 9.80 Å². The summed E-state index contributed by atoms with van der Waals surface area (Å²) in [5.41, 5.74) is 0. The van der Waals surface area contributed by atoms with Gasteiger partial charge in [-0.2, -0.15) is 0 Å². The van der Waals surface area contributed by atoms with Crippen molar-refractivity contribution >= 4 is 5.91 Å². The molecule has 0 aromatic heterocycles. The molecule has 3 nitrogen and oxygen atoms in total. The van der Waals surface area contributed by atoms with Gasteiger partial charge in [0.15, 0.2) is 0 Å². The second-order valence-electron chi connectivity index (χ2n) is 4.18. The Bertz CT molecular complexity index is 194. The summed E-state index contributed by atoms with van der Waals surface area (Å²) in [6.45, 7) is 7.04. The van der Waals surface area contributed by atoms with E-state index in [1.54, 1.807) is 6.92 Å². The maximum absolute atomic E-state index is 11.1. The van der Waals surface area contributed by atoms with E-state index >= 15 is 0 Å². The highest BCUT2D eigenvalue weighted by Crippen LogP contribution is 2.17. The molecule has 1 amide bonds. The number of amides is 1. The summed E-state index contributed by atoms with van der Waals surface area (Å²) in [7, 11) is 1.89. The quantitative estimate of drug-likeness (QED) is 0.683. The predicted octanol–water partition coefficient (Wildman–Crippen LogP) is 1.34. The minimum Gasteiger partial charge on any atom is -0.344 e. The van der Waals surface area contributed by atoms with Crippen LogP contribution < -0.4 is 0 Å². The molecule has 0 aliphatic carbocycles. The molecule has 0 aromatic rings. The van der Waals surface area contributed by atoms with Gasteiger partial charge in [-0.3, -0.25) is 9.69 Å². The number of likely N-dealkylation sites (tertiary alicyclic amines) is 1. The number of rotatable bonds is 3. The standard InChI is InChI=1S/C11H22N2O/c1-4-13-8-6-5-7-11(13)9-12(3)10(2)14/h11H,4-9H2,1-3H3. The Labute approximate surface area is 87.1 Å². The maximum Gasteiger partial charge on any atom is 0.219 e. The highest BCUT2D eigenvalue weighted by Gasteiger charge is 2.22.